The number of hydrazone groups is 1. The zero-order valence-corrected chi connectivity index (χ0v) is 17.4. The van der Waals surface area contributed by atoms with Crippen LogP contribution in [0.3, 0.4) is 0 Å². The Kier molecular flexibility index (Phi) is 7.57. The van der Waals surface area contributed by atoms with E-state index >= 15 is 0 Å². The lowest BCUT2D eigenvalue weighted by Crippen LogP contribution is -2.36. The van der Waals surface area contributed by atoms with Crippen LogP contribution in [0.1, 0.15) is 5.56 Å². The van der Waals surface area contributed by atoms with E-state index in [-0.39, 0.29) is 10.6 Å². The van der Waals surface area contributed by atoms with Crippen molar-refractivity contribution >= 4 is 22.1 Å². The Bertz CT molecular complexity index is 991. The molecule has 0 atom stereocenters. The van der Waals surface area contributed by atoms with E-state index in [1.165, 1.54) is 39.6 Å². The van der Waals surface area contributed by atoms with Gasteiger partial charge in [0.25, 0.3) is 5.91 Å². The zero-order chi connectivity index (χ0) is 21.4. The molecule has 1 amide bonds. The first-order valence-corrected chi connectivity index (χ1v) is 9.90. The number of likely N-dealkylation sites (N-methyl/N-ethyl adjacent to an activating group) is 1. The van der Waals surface area contributed by atoms with Crippen molar-refractivity contribution in [3.05, 3.63) is 48.0 Å². The Morgan fingerprint density at radius 1 is 1.07 bits per heavy atom. The van der Waals surface area contributed by atoms with E-state index in [2.05, 4.69) is 10.5 Å². The molecule has 0 heterocycles. The van der Waals surface area contributed by atoms with Gasteiger partial charge in [0.15, 0.2) is 0 Å². The average molecular weight is 421 g/mol. The van der Waals surface area contributed by atoms with Crippen LogP contribution in [-0.2, 0) is 14.8 Å². The van der Waals surface area contributed by atoms with E-state index in [4.69, 9.17) is 14.2 Å². The second-order valence-corrected chi connectivity index (χ2v) is 7.86. The minimum atomic E-state index is -4.00. The summed E-state index contributed by atoms with van der Waals surface area (Å²) in [7, 11) is 1.63. The van der Waals surface area contributed by atoms with Crippen LogP contribution in [0.25, 0.3) is 0 Å². The molecule has 0 aliphatic heterocycles. The first-order chi connectivity index (χ1) is 13.8. The highest BCUT2D eigenvalue weighted by atomic mass is 32.2. The second kappa shape index (κ2) is 9.89. The maximum Gasteiger partial charge on any atom is 0.255 e. The SMILES string of the molecule is COc1cccc(/C=N\NC(=O)CN(C)S(=O)(=O)c2cc(OC)ccc2OC)c1. The van der Waals surface area contributed by atoms with Gasteiger partial charge in [0.2, 0.25) is 10.0 Å². The number of rotatable bonds is 9. The number of hydrogen-bond acceptors (Lipinski definition) is 7. The minimum Gasteiger partial charge on any atom is -0.497 e. The predicted molar refractivity (Wildman–Crippen MR) is 108 cm³/mol. The van der Waals surface area contributed by atoms with E-state index in [1.54, 1.807) is 37.4 Å². The second-order valence-electron chi connectivity index (χ2n) is 5.85. The van der Waals surface area contributed by atoms with Crippen LogP contribution in [-0.4, -0.2) is 59.8 Å². The van der Waals surface area contributed by atoms with Crippen molar-refractivity contribution in [3.8, 4) is 17.2 Å². The van der Waals surface area contributed by atoms with Crippen molar-refractivity contribution in [2.75, 3.05) is 34.9 Å². The summed E-state index contributed by atoms with van der Waals surface area (Å²) in [5.41, 5.74) is 3.02. The van der Waals surface area contributed by atoms with Crippen molar-refractivity contribution in [2.24, 2.45) is 5.10 Å². The van der Waals surface area contributed by atoms with E-state index < -0.39 is 22.5 Å². The molecule has 156 valence electrons. The molecule has 0 radical (unpaired) electrons. The fourth-order valence-corrected chi connectivity index (χ4v) is 3.67. The summed E-state index contributed by atoms with van der Waals surface area (Å²) < 4.78 is 41.9. The van der Waals surface area contributed by atoms with Crippen LogP contribution in [0.15, 0.2) is 52.5 Å². The van der Waals surface area contributed by atoms with Gasteiger partial charge in [0, 0.05) is 13.1 Å². The fourth-order valence-electron chi connectivity index (χ4n) is 2.38. The number of ether oxygens (including phenoxy) is 3. The number of benzene rings is 2. The third kappa shape index (κ3) is 5.69. The summed E-state index contributed by atoms with van der Waals surface area (Å²) >= 11 is 0. The summed E-state index contributed by atoms with van der Waals surface area (Å²) in [6.45, 7) is -0.432. The van der Waals surface area contributed by atoms with Gasteiger partial charge in [-0.2, -0.15) is 9.41 Å². The number of methoxy groups -OCH3 is 3. The smallest absolute Gasteiger partial charge is 0.255 e. The quantitative estimate of drug-likeness (QED) is 0.486. The monoisotopic (exact) mass is 421 g/mol. The van der Waals surface area contributed by atoms with Crippen LogP contribution >= 0.6 is 0 Å². The lowest BCUT2D eigenvalue weighted by Gasteiger charge is -2.18. The molecule has 0 bridgehead atoms. The third-order valence-corrected chi connectivity index (χ3v) is 5.75. The van der Waals surface area contributed by atoms with E-state index in [0.717, 1.165) is 4.31 Å². The molecular weight excluding hydrogens is 398 g/mol. The summed E-state index contributed by atoms with van der Waals surface area (Å²) in [5.74, 6) is 0.551. The molecule has 2 aromatic rings. The van der Waals surface area contributed by atoms with Gasteiger partial charge in [-0.3, -0.25) is 4.79 Å². The molecule has 9 nitrogen and oxygen atoms in total. The number of nitrogens with one attached hydrogen (secondary N) is 1. The predicted octanol–water partition coefficient (Wildman–Crippen LogP) is 1.48. The molecule has 0 fully saturated rings. The van der Waals surface area contributed by atoms with Crippen molar-refractivity contribution in [1.82, 2.24) is 9.73 Å². The molecule has 2 rings (SSSR count). The van der Waals surface area contributed by atoms with Crippen molar-refractivity contribution < 1.29 is 27.4 Å². The molecule has 0 aliphatic carbocycles. The molecule has 0 unspecified atom stereocenters. The fraction of sp³-hybridized carbons (Fsp3) is 0.263. The largest absolute Gasteiger partial charge is 0.497 e. The number of sulfonamides is 1. The Morgan fingerprint density at radius 3 is 2.41 bits per heavy atom. The van der Waals surface area contributed by atoms with Gasteiger partial charge in [-0.25, -0.2) is 13.8 Å². The Balaban J connectivity index is 2.07. The van der Waals surface area contributed by atoms with E-state index in [1.807, 2.05) is 0 Å². The topological polar surface area (TPSA) is 107 Å². The first-order valence-electron chi connectivity index (χ1n) is 8.46. The van der Waals surface area contributed by atoms with Crippen molar-refractivity contribution in [3.63, 3.8) is 0 Å². The number of amides is 1. The van der Waals surface area contributed by atoms with Gasteiger partial charge in [-0.15, -0.1) is 0 Å². The number of carbonyl (C=O) groups excluding carboxylic acids is 1. The average Bonchev–Trinajstić information content (AvgIpc) is 2.73. The molecule has 0 aliphatic rings. The summed E-state index contributed by atoms with van der Waals surface area (Å²) in [6, 6.07) is 11.5. The van der Waals surface area contributed by atoms with Crippen LogP contribution in [0.4, 0.5) is 0 Å². The summed E-state index contributed by atoms with van der Waals surface area (Å²) in [4.78, 5) is 12.0. The number of hydrogen-bond donors (Lipinski definition) is 1. The summed E-state index contributed by atoms with van der Waals surface area (Å²) in [5, 5.41) is 3.84. The first kappa shape index (κ1) is 22.2. The molecule has 0 aromatic heterocycles. The number of nitrogens with zero attached hydrogens (tertiary/aromatic N) is 2. The Labute approximate surface area is 169 Å². The van der Waals surface area contributed by atoms with E-state index in [9.17, 15) is 13.2 Å². The van der Waals surface area contributed by atoms with Gasteiger partial charge in [-0.05, 0) is 29.8 Å². The van der Waals surface area contributed by atoms with Crippen molar-refractivity contribution in [1.29, 1.82) is 0 Å². The normalized spacial score (nSPS) is 11.5. The zero-order valence-electron chi connectivity index (χ0n) is 16.6. The lowest BCUT2D eigenvalue weighted by molar-refractivity contribution is -0.121. The van der Waals surface area contributed by atoms with Gasteiger partial charge in [0.1, 0.15) is 22.1 Å². The maximum absolute atomic E-state index is 12.8. The van der Waals surface area contributed by atoms with Crippen molar-refractivity contribution in [2.45, 2.75) is 4.90 Å². The molecule has 0 spiro atoms. The summed E-state index contributed by atoms with van der Waals surface area (Å²) in [6.07, 6.45) is 1.43. The molecule has 2 aromatic carbocycles. The highest BCUT2D eigenvalue weighted by molar-refractivity contribution is 7.89. The van der Waals surface area contributed by atoms with E-state index in [0.29, 0.717) is 17.1 Å². The van der Waals surface area contributed by atoms with Gasteiger partial charge >= 0.3 is 0 Å². The number of carbonyl (C=O) groups is 1. The van der Waals surface area contributed by atoms with Crippen LogP contribution in [0.5, 0.6) is 17.2 Å². The third-order valence-electron chi connectivity index (χ3n) is 3.92. The molecule has 0 saturated carbocycles. The molecule has 10 heteroatoms. The minimum absolute atomic E-state index is 0.102. The molecule has 1 N–H and O–H groups in total. The standard InChI is InChI=1S/C19H23N3O6S/c1-22(29(24,25)18-11-16(27-3)8-9-17(18)28-4)13-19(23)21-20-12-14-6-5-7-15(10-14)26-2/h5-12H,13H2,1-4H3,(H,21,23)/b20-12-. The highest BCUT2D eigenvalue weighted by Gasteiger charge is 2.27. The van der Waals surface area contributed by atoms with Crippen LogP contribution < -0.4 is 19.6 Å². The Morgan fingerprint density at radius 2 is 1.76 bits per heavy atom. The van der Waals surface area contributed by atoms with Crippen LogP contribution in [0.2, 0.25) is 0 Å². The molecular formula is C19H23N3O6S. The molecule has 29 heavy (non-hydrogen) atoms. The highest BCUT2D eigenvalue weighted by Crippen LogP contribution is 2.30. The Hall–Kier alpha value is -3.11. The van der Waals surface area contributed by atoms with Gasteiger partial charge in [0.05, 0.1) is 34.1 Å². The maximum atomic E-state index is 12.8. The van der Waals surface area contributed by atoms with Crippen LogP contribution in [0, 0.1) is 0 Å². The lowest BCUT2D eigenvalue weighted by atomic mass is 10.2. The van der Waals surface area contributed by atoms with Gasteiger partial charge in [-0.1, -0.05) is 12.1 Å². The molecule has 0 saturated heterocycles. The van der Waals surface area contributed by atoms with Gasteiger partial charge < -0.3 is 14.2 Å².